The summed E-state index contributed by atoms with van der Waals surface area (Å²) in [6.45, 7) is 6.01. The SMILES string of the molecule is C=C(C)c1ccccc1NC(=O)c1cc2c(cc1Br)OCO2. The van der Waals surface area contributed by atoms with Crippen molar-refractivity contribution in [2.45, 2.75) is 6.92 Å². The van der Waals surface area contributed by atoms with E-state index in [0.717, 1.165) is 16.8 Å². The zero-order chi connectivity index (χ0) is 15.7. The van der Waals surface area contributed by atoms with Gasteiger partial charge < -0.3 is 14.8 Å². The van der Waals surface area contributed by atoms with Crippen molar-refractivity contribution in [1.29, 1.82) is 0 Å². The number of carbonyl (C=O) groups excluding carboxylic acids is 1. The van der Waals surface area contributed by atoms with Gasteiger partial charge in [-0.15, -0.1) is 0 Å². The molecule has 3 rings (SSSR count). The molecule has 1 aliphatic heterocycles. The third-order valence-electron chi connectivity index (χ3n) is 3.34. The number of para-hydroxylation sites is 1. The molecule has 112 valence electrons. The summed E-state index contributed by atoms with van der Waals surface area (Å²) in [6, 6.07) is 11.0. The van der Waals surface area contributed by atoms with Gasteiger partial charge in [-0.3, -0.25) is 4.79 Å². The van der Waals surface area contributed by atoms with Crippen molar-refractivity contribution in [1.82, 2.24) is 0 Å². The van der Waals surface area contributed by atoms with E-state index in [1.165, 1.54) is 0 Å². The first-order valence-corrected chi connectivity index (χ1v) is 7.51. The number of nitrogens with one attached hydrogen (secondary N) is 1. The molecule has 0 aromatic heterocycles. The third kappa shape index (κ3) is 2.72. The van der Waals surface area contributed by atoms with Gasteiger partial charge in [-0.2, -0.15) is 0 Å². The molecule has 0 fully saturated rings. The summed E-state index contributed by atoms with van der Waals surface area (Å²) in [5.74, 6) is 0.978. The second-order valence-electron chi connectivity index (χ2n) is 4.97. The minimum absolute atomic E-state index is 0.172. The molecule has 0 radical (unpaired) electrons. The van der Waals surface area contributed by atoms with E-state index in [9.17, 15) is 4.79 Å². The van der Waals surface area contributed by atoms with Crippen molar-refractivity contribution in [3.05, 3.63) is 58.6 Å². The number of fused-ring (bicyclic) bond motifs is 1. The summed E-state index contributed by atoms with van der Waals surface area (Å²) in [4.78, 5) is 12.5. The molecule has 1 aliphatic rings. The van der Waals surface area contributed by atoms with Crippen LogP contribution in [0.5, 0.6) is 11.5 Å². The predicted octanol–water partition coefficient (Wildman–Crippen LogP) is 4.46. The van der Waals surface area contributed by atoms with E-state index in [0.29, 0.717) is 21.5 Å². The monoisotopic (exact) mass is 359 g/mol. The Labute approximate surface area is 136 Å². The summed E-state index contributed by atoms with van der Waals surface area (Å²) >= 11 is 3.40. The first-order valence-electron chi connectivity index (χ1n) is 6.71. The normalized spacial score (nSPS) is 12.1. The molecular weight excluding hydrogens is 346 g/mol. The smallest absolute Gasteiger partial charge is 0.256 e. The lowest BCUT2D eigenvalue weighted by atomic mass is 10.1. The van der Waals surface area contributed by atoms with Gasteiger partial charge in [-0.1, -0.05) is 24.8 Å². The van der Waals surface area contributed by atoms with Crippen LogP contribution >= 0.6 is 15.9 Å². The van der Waals surface area contributed by atoms with E-state index in [2.05, 4.69) is 27.8 Å². The minimum atomic E-state index is -0.223. The number of hydrogen-bond donors (Lipinski definition) is 1. The zero-order valence-corrected chi connectivity index (χ0v) is 13.6. The van der Waals surface area contributed by atoms with E-state index >= 15 is 0 Å². The Balaban J connectivity index is 1.91. The first kappa shape index (κ1) is 14.7. The number of carbonyl (C=O) groups is 1. The van der Waals surface area contributed by atoms with Crippen LogP contribution in [0.4, 0.5) is 5.69 Å². The predicted molar refractivity (Wildman–Crippen MR) is 89.4 cm³/mol. The maximum atomic E-state index is 12.5. The maximum Gasteiger partial charge on any atom is 0.256 e. The minimum Gasteiger partial charge on any atom is -0.454 e. The largest absolute Gasteiger partial charge is 0.454 e. The quantitative estimate of drug-likeness (QED) is 0.879. The first-order chi connectivity index (χ1) is 10.6. The van der Waals surface area contributed by atoms with Crippen LogP contribution in [0.3, 0.4) is 0 Å². The molecule has 4 nitrogen and oxygen atoms in total. The molecule has 2 aromatic carbocycles. The van der Waals surface area contributed by atoms with E-state index in [4.69, 9.17) is 9.47 Å². The summed E-state index contributed by atoms with van der Waals surface area (Å²) < 4.78 is 11.3. The maximum absolute atomic E-state index is 12.5. The Morgan fingerprint density at radius 2 is 1.86 bits per heavy atom. The molecule has 1 N–H and O–H groups in total. The van der Waals surface area contributed by atoms with Gasteiger partial charge in [0, 0.05) is 15.7 Å². The van der Waals surface area contributed by atoms with E-state index in [1.54, 1.807) is 12.1 Å². The number of ether oxygens (including phenoxy) is 2. The van der Waals surface area contributed by atoms with Crippen LogP contribution in [0.1, 0.15) is 22.8 Å². The Morgan fingerprint density at radius 3 is 2.59 bits per heavy atom. The number of hydrogen-bond acceptors (Lipinski definition) is 3. The lowest BCUT2D eigenvalue weighted by Crippen LogP contribution is -2.13. The molecule has 0 saturated carbocycles. The molecule has 5 heteroatoms. The van der Waals surface area contributed by atoms with Gasteiger partial charge in [0.2, 0.25) is 6.79 Å². The molecule has 1 heterocycles. The molecule has 0 spiro atoms. The highest BCUT2D eigenvalue weighted by Gasteiger charge is 2.20. The lowest BCUT2D eigenvalue weighted by Gasteiger charge is -2.12. The van der Waals surface area contributed by atoms with Crippen molar-refractivity contribution in [2.24, 2.45) is 0 Å². The average molecular weight is 360 g/mol. The van der Waals surface area contributed by atoms with Gasteiger partial charge >= 0.3 is 0 Å². The van der Waals surface area contributed by atoms with E-state index in [-0.39, 0.29) is 12.7 Å². The molecule has 0 aliphatic carbocycles. The molecule has 0 atom stereocenters. The Kier molecular flexibility index (Phi) is 3.90. The topological polar surface area (TPSA) is 47.6 Å². The molecule has 22 heavy (non-hydrogen) atoms. The Bertz CT molecular complexity index is 770. The molecular formula is C17H14BrNO3. The number of rotatable bonds is 3. The van der Waals surface area contributed by atoms with Crippen molar-refractivity contribution in [3.63, 3.8) is 0 Å². The molecule has 1 amide bonds. The third-order valence-corrected chi connectivity index (χ3v) is 4.00. The van der Waals surface area contributed by atoms with Crippen molar-refractivity contribution in [2.75, 3.05) is 12.1 Å². The van der Waals surface area contributed by atoms with E-state index < -0.39 is 0 Å². The van der Waals surface area contributed by atoms with Gasteiger partial charge in [0.15, 0.2) is 11.5 Å². The van der Waals surface area contributed by atoms with Gasteiger partial charge in [0.1, 0.15) is 0 Å². The van der Waals surface area contributed by atoms with Crippen LogP contribution in [-0.4, -0.2) is 12.7 Å². The fourth-order valence-electron chi connectivity index (χ4n) is 2.25. The van der Waals surface area contributed by atoms with Crippen molar-refractivity contribution < 1.29 is 14.3 Å². The number of halogens is 1. The zero-order valence-electron chi connectivity index (χ0n) is 12.0. The number of anilines is 1. The van der Waals surface area contributed by atoms with Crippen LogP contribution in [0.25, 0.3) is 5.57 Å². The van der Waals surface area contributed by atoms with Gasteiger partial charge in [0.05, 0.1) is 5.56 Å². The standard InChI is InChI=1S/C17H14BrNO3/c1-10(2)11-5-3-4-6-14(11)19-17(20)12-7-15-16(8-13(12)18)22-9-21-15/h3-8H,1,9H2,2H3,(H,19,20). The summed E-state index contributed by atoms with van der Waals surface area (Å²) in [6.07, 6.45) is 0. The highest BCUT2D eigenvalue weighted by atomic mass is 79.9. The fraction of sp³-hybridized carbons (Fsp3) is 0.118. The second kappa shape index (κ2) is 5.85. The van der Waals surface area contributed by atoms with Crippen LogP contribution in [-0.2, 0) is 0 Å². The molecule has 0 unspecified atom stereocenters. The van der Waals surface area contributed by atoms with Crippen molar-refractivity contribution >= 4 is 33.1 Å². The summed E-state index contributed by atoms with van der Waals surface area (Å²) in [7, 11) is 0. The Morgan fingerprint density at radius 1 is 1.18 bits per heavy atom. The van der Waals surface area contributed by atoms with Crippen LogP contribution < -0.4 is 14.8 Å². The Hall–Kier alpha value is -2.27. The summed E-state index contributed by atoms with van der Waals surface area (Å²) in [5.41, 5.74) is 3.01. The average Bonchev–Trinajstić information content (AvgIpc) is 2.93. The van der Waals surface area contributed by atoms with Crippen LogP contribution in [0, 0.1) is 0 Å². The second-order valence-corrected chi connectivity index (χ2v) is 5.82. The van der Waals surface area contributed by atoms with Gasteiger partial charge in [-0.05, 0) is 46.6 Å². The van der Waals surface area contributed by atoms with Gasteiger partial charge in [-0.25, -0.2) is 0 Å². The van der Waals surface area contributed by atoms with E-state index in [1.807, 2.05) is 31.2 Å². The highest BCUT2D eigenvalue weighted by Crippen LogP contribution is 2.37. The highest BCUT2D eigenvalue weighted by molar-refractivity contribution is 9.10. The van der Waals surface area contributed by atoms with Crippen LogP contribution in [0.2, 0.25) is 0 Å². The number of allylic oxidation sites excluding steroid dienone is 1. The van der Waals surface area contributed by atoms with Crippen LogP contribution in [0.15, 0.2) is 47.4 Å². The molecule has 2 aromatic rings. The number of benzene rings is 2. The fourth-order valence-corrected chi connectivity index (χ4v) is 2.75. The number of amides is 1. The molecule has 0 bridgehead atoms. The summed E-state index contributed by atoms with van der Waals surface area (Å²) in [5, 5.41) is 2.91. The van der Waals surface area contributed by atoms with Crippen molar-refractivity contribution in [3.8, 4) is 11.5 Å². The molecule has 0 saturated heterocycles. The van der Waals surface area contributed by atoms with Gasteiger partial charge in [0.25, 0.3) is 5.91 Å². The lowest BCUT2D eigenvalue weighted by molar-refractivity contribution is 0.102.